The molecule has 7 heteroatoms. The Morgan fingerprint density at radius 2 is 2.24 bits per heavy atom. The molecule has 0 saturated heterocycles. The van der Waals surface area contributed by atoms with Crippen LogP contribution >= 0.6 is 0 Å². The molecule has 3 N–H and O–H groups in total. The van der Waals surface area contributed by atoms with Crippen molar-refractivity contribution in [1.82, 2.24) is 5.32 Å². The normalized spacial score (nSPS) is 11.9. The Morgan fingerprint density at radius 3 is 2.81 bits per heavy atom. The highest BCUT2D eigenvalue weighted by molar-refractivity contribution is 5.79. The van der Waals surface area contributed by atoms with Crippen LogP contribution in [-0.2, 0) is 4.79 Å². The number of benzene rings is 1. The number of nitrogens with zero attached hydrogens (tertiary/aromatic N) is 1. The molecule has 1 amide bonds. The number of nitrogens with two attached hydrogens (primary N) is 1. The molecule has 1 aromatic rings. The molecule has 0 saturated carbocycles. The minimum absolute atomic E-state index is 0.0221. The molecule has 7 nitrogen and oxygen atoms in total. The number of non-ortho nitro benzene ring substituents is 1. The van der Waals surface area contributed by atoms with E-state index in [-0.39, 0.29) is 12.3 Å². The van der Waals surface area contributed by atoms with Gasteiger partial charge in [0.1, 0.15) is 5.75 Å². The lowest BCUT2D eigenvalue weighted by atomic mass is 10.2. The molecule has 0 aromatic heterocycles. The highest BCUT2D eigenvalue weighted by Gasteiger charge is 2.15. The van der Waals surface area contributed by atoms with E-state index < -0.39 is 16.9 Å². The number of amides is 1. The largest absolute Gasteiger partial charge is 0.493 e. The molecule has 21 heavy (non-hydrogen) atoms. The van der Waals surface area contributed by atoms with Crippen LogP contribution in [0.5, 0.6) is 5.75 Å². The van der Waals surface area contributed by atoms with Crippen LogP contribution in [0.25, 0.3) is 0 Å². The molecule has 0 aliphatic rings. The van der Waals surface area contributed by atoms with Crippen molar-refractivity contribution in [2.24, 2.45) is 5.73 Å². The predicted octanol–water partition coefficient (Wildman–Crippen LogP) is 1.53. The molecule has 0 heterocycles. The average molecular weight is 295 g/mol. The highest BCUT2D eigenvalue weighted by Crippen LogP contribution is 2.24. The van der Waals surface area contributed by atoms with E-state index in [0.717, 1.165) is 12.0 Å². The van der Waals surface area contributed by atoms with Crippen molar-refractivity contribution >= 4 is 11.6 Å². The summed E-state index contributed by atoms with van der Waals surface area (Å²) in [5.74, 6) is 0.0192. The first-order valence-electron chi connectivity index (χ1n) is 6.86. The second kappa shape index (κ2) is 8.21. The third-order valence-corrected chi connectivity index (χ3v) is 3.03. The first kappa shape index (κ1) is 16.9. The highest BCUT2D eigenvalue weighted by atomic mass is 16.6. The Kier molecular flexibility index (Phi) is 6.61. The Bertz CT molecular complexity index is 505. The zero-order valence-corrected chi connectivity index (χ0v) is 12.3. The van der Waals surface area contributed by atoms with Gasteiger partial charge in [-0.3, -0.25) is 14.9 Å². The molecule has 1 rings (SSSR count). The van der Waals surface area contributed by atoms with Gasteiger partial charge in [0.15, 0.2) is 0 Å². The number of nitro benzene ring substituents is 1. The van der Waals surface area contributed by atoms with E-state index in [1.54, 1.807) is 13.0 Å². The third kappa shape index (κ3) is 5.39. The Balaban J connectivity index is 2.59. The molecule has 0 fully saturated rings. The van der Waals surface area contributed by atoms with Crippen molar-refractivity contribution < 1.29 is 14.5 Å². The summed E-state index contributed by atoms with van der Waals surface area (Å²) >= 11 is 0. The maximum Gasteiger partial charge on any atom is 0.273 e. The summed E-state index contributed by atoms with van der Waals surface area (Å²) in [4.78, 5) is 21.5. The van der Waals surface area contributed by atoms with Crippen molar-refractivity contribution in [2.45, 2.75) is 32.7 Å². The average Bonchev–Trinajstić information content (AvgIpc) is 2.43. The van der Waals surface area contributed by atoms with Crippen LogP contribution in [0.1, 0.15) is 25.3 Å². The van der Waals surface area contributed by atoms with Gasteiger partial charge in [0.25, 0.3) is 5.69 Å². The number of aryl methyl sites for hydroxylation is 1. The van der Waals surface area contributed by atoms with Crippen LogP contribution in [0.2, 0.25) is 0 Å². The van der Waals surface area contributed by atoms with Gasteiger partial charge in [-0.25, -0.2) is 0 Å². The second-order valence-corrected chi connectivity index (χ2v) is 4.75. The van der Waals surface area contributed by atoms with Crippen molar-refractivity contribution in [3.63, 3.8) is 0 Å². The number of nitro groups is 1. The minimum atomic E-state index is -0.471. The molecule has 0 aliphatic carbocycles. The van der Waals surface area contributed by atoms with Gasteiger partial charge in [-0.05, 0) is 31.5 Å². The van der Waals surface area contributed by atoms with Crippen LogP contribution in [0.4, 0.5) is 5.69 Å². The van der Waals surface area contributed by atoms with Crippen molar-refractivity contribution in [3.05, 3.63) is 33.9 Å². The SMILES string of the molecule is CCCNC(CCOc1cc([N+](=O)[O-])ccc1C)C(N)=O. The summed E-state index contributed by atoms with van der Waals surface area (Å²) < 4.78 is 5.54. The van der Waals surface area contributed by atoms with E-state index >= 15 is 0 Å². The maximum absolute atomic E-state index is 11.3. The van der Waals surface area contributed by atoms with Crippen LogP contribution in [0, 0.1) is 17.0 Å². The lowest BCUT2D eigenvalue weighted by molar-refractivity contribution is -0.384. The van der Waals surface area contributed by atoms with Gasteiger partial charge >= 0.3 is 0 Å². The number of carbonyl (C=O) groups excluding carboxylic acids is 1. The van der Waals surface area contributed by atoms with Gasteiger partial charge < -0.3 is 15.8 Å². The van der Waals surface area contributed by atoms with E-state index in [1.807, 2.05) is 6.92 Å². The summed E-state index contributed by atoms with van der Waals surface area (Å²) in [6.45, 7) is 4.75. The fourth-order valence-electron chi connectivity index (χ4n) is 1.81. The van der Waals surface area contributed by atoms with Gasteiger partial charge in [0.05, 0.1) is 23.6 Å². The van der Waals surface area contributed by atoms with E-state index in [9.17, 15) is 14.9 Å². The van der Waals surface area contributed by atoms with Crippen molar-refractivity contribution in [2.75, 3.05) is 13.2 Å². The first-order valence-corrected chi connectivity index (χ1v) is 6.86. The molecule has 1 atom stereocenters. The number of nitrogens with one attached hydrogen (secondary N) is 1. The molecule has 0 bridgehead atoms. The monoisotopic (exact) mass is 295 g/mol. The van der Waals surface area contributed by atoms with Crippen molar-refractivity contribution in [3.8, 4) is 5.75 Å². The quantitative estimate of drug-likeness (QED) is 0.530. The lowest BCUT2D eigenvalue weighted by Gasteiger charge is -2.15. The minimum Gasteiger partial charge on any atom is -0.493 e. The van der Waals surface area contributed by atoms with Gasteiger partial charge in [0, 0.05) is 12.5 Å². The van der Waals surface area contributed by atoms with E-state index in [1.165, 1.54) is 12.1 Å². The first-order chi connectivity index (χ1) is 9.95. The summed E-state index contributed by atoms with van der Waals surface area (Å²) in [5, 5.41) is 13.8. The summed E-state index contributed by atoms with van der Waals surface area (Å²) in [5.41, 5.74) is 6.09. The summed E-state index contributed by atoms with van der Waals surface area (Å²) in [6, 6.07) is 3.99. The number of hydrogen-bond acceptors (Lipinski definition) is 5. The topological polar surface area (TPSA) is 107 Å². The van der Waals surface area contributed by atoms with Crippen LogP contribution in [-0.4, -0.2) is 30.0 Å². The van der Waals surface area contributed by atoms with E-state index in [0.29, 0.717) is 18.7 Å². The Morgan fingerprint density at radius 1 is 1.52 bits per heavy atom. The molecule has 1 aromatic carbocycles. The zero-order valence-electron chi connectivity index (χ0n) is 12.3. The van der Waals surface area contributed by atoms with Crippen LogP contribution in [0.3, 0.4) is 0 Å². The number of carbonyl (C=O) groups is 1. The lowest BCUT2D eigenvalue weighted by Crippen LogP contribution is -2.42. The molecule has 0 radical (unpaired) electrons. The standard InChI is InChI=1S/C14H21N3O4/c1-3-7-16-12(14(15)18)6-8-21-13-9-11(17(19)20)5-4-10(13)2/h4-5,9,12,16H,3,6-8H2,1-2H3,(H2,15,18). The summed E-state index contributed by atoms with van der Waals surface area (Å²) in [6.07, 6.45) is 1.31. The summed E-state index contributed by atoms with van der Waals surface area (Å²) in [7, 11) is 0. The molecule has 116 valence electrons. The van der Waals surface area contributed by atoms with Crippen molar-refractivity contribution in [1.29, 1.82) is 0 Å². The second-order valence-electron chi connectivity index (χ2n) is 4.75. The molecule has 0 aliphatic heterocycles. The smallest absolute Gasteiger partial charge is 0.273 e. The molecular formula is C14H21N3O4. The fourth-order valence-corrected chi connectivity index (χ4v) is 1.81. The predicted molar refractivity (Wildman–Crippen MR) is 79.2 cm³/mol. The van der Waals surface area contributed by atoms with Gasteiger partial charge in [0.2, 0.25) is 5.91 Å². The number of hydrogen-bond donors (Lipinski definition) is 2. The Labute approximate surface area is 123 Å². The van der Waals surface area contributed by atoms with Gasteiger partial charge in [-0.2, -0.15) is 0 Å². The maximum atomic E-state index is 11.3. The zero-order chi connectivity index (χ0) is 15.8. The number of ether oxygens (including phenoxy) is 1. The Hall–Kier alpha value is -2.15. The van der Waals surface area contributed by atoms with E-state index in [4.69, 9.17) is 10.5 Å². The van der Waals surface area contributed by atoms with E-state index in [2.05, 4.69) is 5.32 Å². The third-order valence-electron chi connectivity index (χ3n) is 3.03. The molecule has 1 unspecified atom stereocenters. The molecular weight excluding hydrogens is 274 g/mol. The fraction of sp³-hybridized carbons (Fsp3) is 0.500. The molecule has 0 spiro atoms. The van der Waals surface area contributed by atoms with Crippen LogP contribution in [0.15, 0.2) is 18.2 Å². The number of rotatable bonds is 9. The van der Waals surface area contributed by atoms with Gasteiger partial charge in [-0.15, -0.1) is 0 Å². The van der Waals surface area contributed by atoms with Gasteiger partial charge in [-0.1, -0.05) is 6.92 Å². The number of primary amides is 1. The van der Waals surface area contributed by atoms with Crippen LogP contribution < -0.4 is 15.8 Å².